The van der Waals surface area contributed by atoms with E-state index in [1.165, 1.54) is 0 Å². The summed E-state index contributed by atoms with van der Waals surface area (Å²) in [6, 6.07) is 7.57. The van der Waals surface area contributed by atoms with Gasteiger partial charge < -0.3 is 11.1 Å². The van der Waals surface area contributed by atoms with E-state index in [1.807, 2.05) is 19.1 Å². The summed E-state index contributed by atoms with van der Waals surface area (Å²) in [6.45, 7) is 2.36. The molecule has 0 aliphatic heterocycles. The molecule has 0 aliphatic rings. The minimum Gasteiger partial charge on any atom is -0.383 e. The van der Waals surface area contributed by atoms with Gasteiger partial charge in [-0.1, -0.05) is 12.1 Å². The molecule has 0 heterocycles. The fraction of sp³-hybridized carbons (Fsp3) is 0.273. The zero-order valence-corrected chi connectivity index (χ0v) is 8.58. The van der Waals surface area contributed by atoms with Crippen molar-refractivity contribution >= 4 is 11.6 Å². The van der Waals surface area contributed by atoms with Gasteiger partial charge in [-0.15, -0.1) is 0 Å². The summed E-state index contributed by atoms with van der Waals surface area (Å²) in [5.41, 5.74) is 7.37. The first-order valence-corrected chi connectivity index (χ1v) is 4.67. The Morgan fingerprint density at radius 2 is 2.33 bits per heavy atom. The van der Waals surface area contributed by atoms with Crippen molar-refractivity contribution < 1.29 is 4.79 Å². The third-order valence-electron chi connectivity index (χ3n) is 2.07. The van der Waals surface area contributed by atoms with Crippen LogP contribution in [-0.4, -0.2) is 12.5 Å². The average Bonchev–Trinajstić information content (AvgIpc) is 2.20. The number of carbonyl (C=O) groups excluding carboxylic acids is 1. The van der Waals surface area contributed by atoms with Gasteiger partial charge in [0.15, 0.2) is 0 Å². The highest BCUT2D eigenvalue weighted by Crippen LogP contribution is 2.19. The highest BCUT2D eigenvalue weighted by Gasteiger charge is 2.04. The zero-order chi connectivity index (χ0) is 11.3. The third-order valence-corrected chi connectivity index (χ3v) is 2.07. The van der Waals surface area contributed by atoms with Crippen molar-refractivity contribution in [1.29, 1.82) is 5.26 Å². The van der Waals surface area contributed by atoms with E-state index in [-0.39, 0.29) is 12.3 Å². The molecular weight excluding hydrogens is 190 g/mol. The number of amides is 1. The molecule has 15 heavy (non-hydrogen) atoms. The lowest BCUT2D eigenvalue weighted by atomic mass is 10.1. The van der Waals surface area contributed by atoms with Crippen LogP contribution in [0.3, 0.4) is 0 Å². The number of hydrogen-bond donors (Lipinski definition) is 2. The van der Waals surface area contributed by atoms with Crippen LogP contribution in [0.5, 0.6) is 0 Å². The number of rotatable bonds is 4. The van der Waals surface area contributed by atoms with Gasteiger partial charge in [0.1, 0.15) is 6.07 Å². The number of anilines is 1. The molecule has 0 aromatic heterocycles. The summed E-state index contributed by atoms with van der Waals surface area (Å²) in [7, 11) is 0. The molecule has 4 nitrogen and oxygen atoms in total. The van der Waals surface area contributed by atoms with E-state index in [0.29, 0.717) is 12.1 Å². The Morgan fingerprint density at radius 3 is 2.93 bits per heavy atom. The SMILES string of the molecule is Cc1cccc(C#N)c1NCCC(N)=O. The highest BCUT2D eigenvalue weighted by atomic mass is 16.1. The molecule has 3 N–H and O–H groups in total. The van der Waals surface area contributed by atoms with Crippen LogP contribution in [0.4, 0.5) is 5.69 Å². The first-order chi connectivity index (χ1) is 7.15. The summed E-state index contributed by atoms with van der Waals surface area (Å²) < 4.78 is 0. The fourth-order valence-corrected chi connectivity index (χ4v) is 1.31. The molecule has 1 amide bonds. The monoisotopic (exact) mass is 203 g/mol. The summed E-state index contributed by atoms with van der Waals surface area (Å²) in [5, 5.41) is 11.9. The first-order valence-electron chi connectivity index (χ1n) is 4.67. The van der Waals surface area contributed by atoms with Gasteiger partial charge in [0.25, 0.3) is 0 Å². The molecule has 0 unspecified atom stereocenters. The summed E-state index contributed by atoms with van der Waals surface area (Å²) in [6.07, 6.45) is 0.263. The van der Waals surface area contributed by atoms with Crippen LogP contribution in [-0.2, 0) is 4.79 Å². The number of nitriles is 1. The molecule has 1 aromatic rings. The molecule has 0 atom stereocenters. The normalized spacial score (nSPS) is 9.33. The van der Waals surface area contributed by atoms with E-state index >= 15 is 0 Å². The molecular formula is C11H13N3O. The lowest BCUT2D eigenvalue weighted by Gasteiger charge is -2.09. The molecule has 1 aromatic carbocycles. The topological polar surface area (TPSA) is 78.9 Å². The Bertz CT molecular complexity index is 407. The van der Waals surface area contributed by atoms with Crippen molar-refractivity contribution in [3.63, 3.8) is 0 Å². The van der Waals surface area contributed by atoms with Gasteiger partial charge in [-0.2, -0.15) is 5.26 Å². The Hall–Kier alpha value is -2.02. The van der Waals surface area contributed by atoms with Gasteiger partial charge in [0, 0.05) is 13.0 Å². The molecule has 4 heteroatoms. The van der Waals surface area contributed by atoms with E-state index in [0.717, 1.165) is 11.3 Å². The first kappa shape index (κ1) is 11.1. The van der Waals surface area contributed by atoms with E-state index in [4.69, 9.17) is 11.0 Å². The van der Waals surface area contributed by atoms with Crippen LogP contribution in [0.2, 0.25) is 0 Å². The van der Waals surface area contributed by atoms with Crippen LogP contribution in [0.15, 0.2) is 18.2 Å². The minimum atomic E-state index is -0.352. The van der Waals surface area contributed by atoms with Crippen molar-refractivity contribution in [3.8, 4) is 6.07 Å². The molecule has 0 fully saturated rings. The number of nitrogens with zero attached hydrogens (tertiary/aromatic N) is 1. The van der Waals surface area contributed by atoms with Gasteiger partial charge in [-0.05, 0) is 18.6 Å². The maximum atomic E-state index is 10.5. The van der Waals surface area contributed by atoms with Crippen LogP contribution < -0.4 is 11.1 Å². The lowest BCUT2D eigenvalue weighted by Crippen LogP contribution is -2.16. The fourth-order valence-electron chi connectivity index (χ4n) is 1.31. The summed E-state index contributed by atoms with van der Waals surface area (Å²) in [5.74, 6) is -0.352. The summed E-state index contributed by atoms with van der Waals surface area (Å²) in [4.78, 5) is 10.5. The third kappa shape index (κ3) is 2.99. The number of carbonyl (C=O) groups is 1. The van der Waals surface area contributed by atoms with Crippen LogP contribution >= 0.6 is 0 Å². The molecule has 0 saturated heterocycles. The molecule has 0 bridgehead atoms. The van der Waals surface area contributed by atoms with Crippen molar-refractivity contribution in [2.75, 3.05) is 11.9 Å². The number of aryl methyl sites for hydroxylation is 1. The molecule has 0 radical (unpaired) electrons. The predicted molar refractivity (Wildman–Crippen MR) is 58.2 cm³/mol. The Labute approximate surface area is 88.7 Å². The standard InChI is InChI=1S/C11H13N3O/c1-8-3-2-4-9(7-12)11(8)14-6-5-10(13)15/h2-4,14H,5-6H2,1H3,(H2,13,15). The number of nitrogens with two attached hydrogens (primary N) is 1. The van der Waals surface area contributed by atoms with Gasteiger partial charge >= 0.3 is 0 Å². The maximum absolute atomic E-state index is 10.5. The molecule has 78 valence electrons. The van der Waals surface area contributed by atoms with E-state index in [9.17, 15) is 4.79 Å². The lowest BCUT2D eigenvalue weighted by molar-refractivity contribution is -0.117. The quantitative estimate of drug-likeness (QED) is 0.770. The number of hydrogen-bond acceptors (Lipinski definition) is 3. The second-order valence-electron chi connectivity index (χ2n) is 3.25. The van der Waals surface area contributed by atoms with Crippen molar-refractivity contribution in [2.24, 2.45) is 5.73 Å². The Kier molecular flexibility index (Phi) is 3.69. The van der Waals surface area contributed by atoms with Crippen molar-refractivity contribution in [2.45, 2.75) is 13.3 Å². The number of para-hydroxylation sites is 1. The van der Waals surface area contributed by atoms with E-state index in [2.05, 4.69) is 11.4 Å². The molecule has 0 saturated carbocycles. The molecule has 0 aliphatic carbocycles. The Balaban J connectivity index is 2.76. The second kappa shape index (κ2) is 5.01. The van der Waals surface area contributed by atoms with Crippen LogP contribution in [0, 0.1) is 18.3 Å². The molecule has 0 spiro atoms. The molecule has 1 rings (SSSR count). The van der Waals surface area contributed by atoms with E-state index in [1.54, 1.807) is 6.07 Å². The zero-order valence-electron chi connectivity index (χ0n) is 8.58. The smallest absolute Gasteiger partial charge is 0.219 e. The van der Waals surface area contributed by atoms with E-state index < -0.39 is 0 Å². The van der Waals surface area contributed by atoms with Crippen molar-refractivity contribution in [1.82, 2.24) is 0 Å². The summed E-state index contributed by atoms with van der Waals surface area (Å²) >= 11 is 0. The van der Waals surface area contributed by atoms with Gasteiger partial charge in [-0.25, -0.2) is 0 Å². The van der Waals surface area contributed by atoms with Crippen LogP contribution in [0.1, 0.15) is 17.5 Å². The van der Waals surface area contributed by atoms with Crippen molar-refractivity contribution in [3.05, 3.63) is 29.3 Å². The average molecular weight is 203 g/mol. The highest BCUT2D eigenvalue weighted by molar-refractivity contribution is 5.74. The van der Waals surface area contributed by atoms with Gasteiger partial charge in [0.05, 0.1) is 11.3 Å². The van der Waals surface area contributed by atoms with Crippen LogP contribution in [0.25, 0.3) is 0 Å². The number of benzene rings is 1. The van der Waals surface area contributed by atoms with Gasteiger partial charge in [0.2, 0.25) is 5.91 Å². The number of nitrogens with one attached hydrogen (secondary N) is 1. The minimum absolute atomic E-state index is 0.263. The second-order valence-corrected chi connectivity index (χ2v) is 3.25. The number of primary amides is 1. The Morgan fingerprint density at radius 1 is 1.60 bits per heavy atom. The predicted octanol–water partition coefficient (Wildman–Crippen LogP) is 1.15. The van der Waals surface area contributed by atoms with Gasteiger partial charge in [-0.3, -0.25) is 4.79 Å². The maximum Gasteiger partial charge on any atom is 0.219 e. The largest absolute Gasteiger partial charge is 0.383 e.